The Morgan fingerprint density at radius 1 is 1.10 bits per heavy atom. The van der Waals surface area contributed by atoms with Gasteiger partial charge in [0.1, 0.15) is 0 Å². The van der Waals surface area contributed by atoms with Crippen LogP contribution in [0.2, 0.25) is 0 Å². The molecule has 1 fully saturated rings. The molecule has 20 heavy (non-hydrogen) atoms. The van der Waals surface area contributed by atoms with Crippen molar-refractivity contribution in [3.8, 4) is 0 Å². The van der Waals surface area contributed by atoms with Gasteiger partial charge in [0.15, 0.2) is 0 Å². The van der Waals surface area contributed by atoms with Crippen LogP contribution in [0.3, 0.4) is 0 Å². The van der Waals surface area contributed by atoms with E-state index in [4.69, 9.17) is 9.84 Å². The van der Waals surface area contributed by atoms with Crippen LogP contribution in [0.1, 0.15) is 6.92 Å². The first-order valence-electron chi connectivity index (χ1n) is 6.57. The van der Waals surface area contributed by atoms with Gasteiger partial charge in [-0.15, -0.1) is 0 Å². The number of ether oxygens (including phenoxy) is 1. The second-order valence-electron chi connectivity index (χ2n) is 4.39. The van der Waals surface area contributed by atoms with Crippen LogP contribution in [-0.4, -0.2) is 85.2 Å². The molecule has 2 N–H and O–H groups in total. The Balaban J connectivity index is 2.24. The van der Waals surface area contributed by atoms with Crippen molar-refractivity contribution in [3.63, 3.8) is 0 Å². The second kappa shape index (κ2) is 8.49. The third kappa shape index (κ3) is 5.14. The van der Waals surface area contributed by atoms with Crippen molar-refractivity contribution < 1.29 is 24.2 Å². The fraction of sp³-hybridized carbons (Fsp3) is 0.750. The summed E-state index contributed by atoms with van der Waals surface area (Å²) in [6.45, 7) is 3.72. The van der Waals surface area contributed by atoms with E-state index in [9.17, 15) is 14.4 Å². The van der Waals surface area contributed by atoms with Crippen molar-refractivity contribution in [2.45, 2.75) is 6.92 Å². The summed E-state index contributed by atoms with van der Waals surface area (Å²) < 4.78 is 4.97. The van der Waals surface area contributed by atoms with Gasteiger partial charge in [-0.25, -0.2) is 0 Å². The Hall–Kier alpha value is -1.67. The lowest BCUT2D eigenvalue weighted by molar-refractivity contribution is -0.148. The molecule has 114 valence electrons. The van der Waals surface area contributed by atoms with Crippen LogP contribution in [0, 0.1) is 0 Å². The van der Waals surface area contributed by atoms with Gasteiger partial charge in [0, 0.05) is 39.6 Å². The molecule has 0 unspecified atom stereocenters. The molecule has 3 amide bonds. The van der Waals surface area contributed by atoms with Crippen LogP contribution >= 0.6 is 0 Å². The van der Waals surface area contributed by atoms with E-state index >= 15 is 0 Å². The number of hydrogen-bond donors (Lipinski definition) is 2. The molecule has 0 aromatic heterocycles. The fourth-order valence-electron chi connectivity index (χ4n) is 1.85. The largest absolute Gasteiger partial charge is 0.394 e. The molecule has 1 heterocycles. The van der Waals surface area contributed by atoms with Crippen molar-refractivity contribution in [1.82, 2.24) is 15.1 Å². The number of carbonyl (C=O) groups is 3. The van der Waals surface area contributed by atoms with Gasteiger partial charge in [-0.05, 0) is 0 Å². The molecule has 0 radical (unpaired) electrons. The molecule has 1 aliphatic heterocycles. The van der Waals surface area contributed by atoms with Crippen molar-refractivity contribution >= 4 is 17.7 Å². The minimum atomic E-state index is -0.672. The van der Waals surface area contributed by atoms with E-state index in [-0.39, 0.29) is 32.3 Å². The molecule has 1 rings (SSSR count). The molecule has 0 bridgehead atoms. The zero-order valence-electron chi connectivity index (χ0n) is 11.6. The third-order valence-corrected chi connectivity index (χ3v) is 2.97. The van der Waals surface area contributed by atoms with Crippen molar-refractivity contribution in [3.05, 3.63) is 0 Å². The highest BCUT2D eigenvalue weighted by atomic mass is 16.5. The molecule has 0 spiro atoms. The van der Waals surface area contributed by atoms with Crippen molar-refractivity contribution in [2.24, 2.45) is 0 Å². The molecule has 0 atom stereocenters. The maximum Gasteiger partial charge on any atom is 0.312 e. The van der Waals surface area contributed by atoms with Gasteiger partial charge in [-0.3, -0.25) is 14.4 Å². The van der Waals surface area contributed by atoms with Crippen LogP contribution in [0.15, 0.2) is 0 Å². The van der Waals surface area contributed by atoms with E-state index in [0.29, 0.717) is 26.2 Å². The first kappa shape index (κ1) is 16.4. The number of rotatable bonds is 5. The van der Waals surface area contributed by atoms with Crippen LogP contribution < -0.4 is 5.32 Å². The van der Waals surface area contributed by atoms with Crippen molar-refractivity contribution in [2.75, 3.05) is 52.5 Å². The normalized spacial score (nSPS) is 15.1. The number of hydrogen-bond acceptors (Lipinski definition) is 5. The van der Waals surface area contributed by atoms with Gasteiger partial charge in [0.25, 0.3) is 0 Å². The fourth-order valence-corrected chi connectivity index (χ4v) is 1.85. The van der Waals surface area contributed by atoms with E-state index in [1.165, 1.54) is 11.8 Å². The molecule has 1 aliphatic rings. The summed E-state index contributed by atoms with van der Waals surface area (Å²) >= 11 is 0. The van der Waals surface area contributed by atoms with Gasteiger partial charge in [-0.1, -0.05) is 0 Å². The third-order valence-electron chi connectivity index (χ3n) is 2.97. The predicted octanol–water partition coefficient (Wildman–Crippen LogP) is -2.20. The Kier molecular flexibility index (Phi) is 6.96. The van der Waals surface area contributed by atoms with Crippen molar-refractivity contribution in [1.29, 1.82) is 0 Å². The number of amides is 3. The van der Waals surface area contributed by atoms with E-state index < -0.39 is 11.8 Å². The molecule has 8 heteroatoms. The lowest BCUT2D eigenvalue weighted by atomic mass is 10.3. The average Bonchev–Trinajstić information content (AvgIpc) is 2.46. The standard InChI is InChI=1S/C12H21N3O5/c1-10(17)14-3-5-15(6-4-14)12(19)11(18)13-2-8-20-9-7-16/h16H,2-9H2,1H3,(H,13,18). The van der Waals surface area contributed by atoms with E-state index in [1.54, 1.807) is 4.90 Å². The van der Waals surface area contributed by atoms with Gasteiger partial charge < -0.3 is 25.0 Å². The Morgan fingerprint density at radius 2 is 1.70 bits per heavy atom. The summed E-state index contributed by atoms with van der Waals surface area (Å²) in [6.07, 6.45) is 0. The zero-order valence-corrected chi connectivity index (χ0v) is 11.6. The first-order valence-corrected chi connectivity index (χ1v) is 6.57. The highest BCUT2D eigenvalue weighted by Gasteiger charge is 2.26. The molecule has 0 aromatic carbocycles. The topological polar surface area (TPSA) is 99.2 Å². The first-order chi connectivity index (χ1) is 9.56. The Morgan fingerprint density at radius 3 is 2.25 bits per heavy atom. The molecule has 0 aromatic rings. The van der Waals surface area contributed by atoms with Crippen LogP contribution in [0.5, 0.6) is 0 Å². The molecule has 1 saturated heterocycles. The molecular formula is C12H21N3O5. The van der Waals surface area contributed by atoms with E-state index in [0.717, 1.165) is 0 Å². The summed E-state index contributed by atoms with van der Waals surface area (Å²) in [5.74, 6) is -1.29. The van der Waals surface area contributed by atoms with Gasteiger partial charge in [0.2, 0.25) is 5.91 Å². The molecular weight excluding hydrogens is 266 g/mol. The zero-order chi connectivity index (χ0) is 15.0. The SMILES string of the molecule is CC(=O)N1CCN(C(=O)C(=O)NCCOCCO)CC1. The number of aliphatic hydroxyl groups is 1. The minimum Gasteiger partial charge on any atom is -0.394 e. The average molecular weight is 287 g/mol. The van der Waals surface area contributed by atoms with E-state index in [1.807, 2.05) is 0 Å². The number of carbonyl (C=O) groups excluding carboxylic acids is 3. The van der Waals surface area contributed by atoms with Gasteiger partial charge >= 0.3 is 11.8 Å². The van der Waals surface area contributed by atoms with Gasteiger partial charge in [-0.2, -0.15) is 0 Å². The monoisotopic (exact) mass is 287 g/mol. The van der Waals surface area contributed by atoms with Crippen LogP contribution in [-0.2, 0) is 19.1 Å². The van der Waals surface area contributed by atoms with E-state index in [2.05, 4.69) is 5.32 Å². The number of piperazine rings is 1. The number of nitrogens with one attached hydrogen (secondary N) is 1. The van der Waals surface area contributed by atoms with Gasteiger partial charge in [0.05, 0.1) is 19.8 Å². The summed E-state index contributed by atoms with van der Waals surface area (Å²) in [4.78, 5) is 37.7. The lowest BCUT2D eigenvalue weighted by Gasteiger charge is -2.33. The quantitative estimate of drug-likeness (QED) is 0.442. The summed E-state index contributed by atoms with van der Waals surface area (Å²) in [5, 5.41) is 10.9. The number of aliphatic hydroxyl groups excluding tert-OH is 1. The smallest absolute Gasteiger partial charge is 0.312 e. The highest BCUT2D eigenvalue weighted by Crippen LogP contribution is 2.02. The number of nitrogens with zero attached hydrogens (tertiary/aromatic N) is 2. The maximum atomic E-state index is 11.8. The van der Waals surface area contributed by atoms with Crippen LogP contribution in [0.4, 0.5) is 0 Å². The second-order valence-corrected chi connectivity index (χ2v) is 4.39. The summed E-state index contributed by atoms with van der Waals surface area (Å²) in [6, 6.07) is 0. The Bertz CT molecular complexity index is 353. The molecule has 8 nitrogen and oxygen atoms in total. The predicted molar refractivity (Wildman–Crippen MR) is 69.7 cm³/mol. The molecule has 0 aliphatic carbocycles. The van der Waals surface area contributed by atoms with Crippen LogP contribution in [0.25, 0.3) is 0 Å². The maximum absolute atomic E-state index is 11.8. The minimum absolute atomic E-state index is 0.0254. The lowest BCUT2D eigenvalue weighted by Crippen LogP contribution is -2.53. The highest BCUT2D eigenvalue weighted by molar-refractivity contribution is 6.35. The molecule has 0 saturated carbocycles. The summed E-state index contributed by atoms with van der Waals surface area (Å²) in [5.41, 5.74) is 0. The Labute approximate surface area is 117 Å². The summed E-state index contributed by atoms with van der Waals surface area (Å²) in [7, 11) is 0.